The maximum absolute atomic E-state index is 11.5. The first-order valence-electron chi connectivity index (χ1n) is 6.94. The first kappa shape index (κ1) is 12.9. The molecule has 0 aromatic carbocycles. The zero-order valence-electron chi connectivity index (χ0n) is 11.0. The van der Waals surface area contributed by atoms with Crippen molar-refractivity contribution in [2.24, 2.45) is 28.9 Å². The van der Waals surface area contributed by atoms with Gasteiger partial charge in [-0.05, 0) is 56.3 Å². The second-order valence-corrected chi connectivity index (χ2v) is 6.49. The highest BCUT2D eigenvalue weighted by atomic mass is 16.4. The molecule has 2 aliphatic rings. The largest absolute Gasteiger partial charge is 0.481 e. The van der Waals surface area contributed by atoms with Crippen LogP contribution in [0.5, 0.6) is 0 Å². The fraction of sp³-hybridized carbons (Fsp3) is 0.929. The molecule has 3 nitrogen and oxygen atoms in total. The van der Waals surface area contributed by atoms with Crippen molar-refractivity contribution in [3.05, 3.63) is 0 Å². The number of nitrogens with two attached hydrogens (primary N) is 1. The molecule has 2 fully saturated rings. The standard InChI is InChI=1S/C14H25NO2/c1-9(2)10-3-5-11(6-4-10)14(13(16)17)7-12(15)8-14/h9-12H,3-8,15H2,1-2H3,(H,16,17). The molecule has 3 N–H and O–H groups in total. The summed E-state index contributed by atoms with van der Waals surface area (Å²) >= 11 is 0. The molecule has 0 amide bonds. The average Bonchev–Trinajstić information content (AvgIpc) is 2.24. The minimum atomic E-state index is -0.604. The van der Waals surface area contributed by atoms with Gasteiger partial charge in [-0.25, -0.2) is 0 Å². The van der Waals surface area contributed by atoms with Crippen LogP contribution in [0, 0.1) is 23.2 Å². The van der Waals surface area contributed by atoms with Gasteiger partial charge in [-0.3, -0.25) is 4.79 Å². The van der Waals surface area contributed by atoms with Gasteiger partial charge < -0.3 is 10.8 Å². The smallest absolute Gasteiger partial charge is 0.310 e. The molecule has 0 aromatic rings. The van der Waals surface area contributed by atoms with E-state index in [4.69, 9.17) is 5.73 Å². The number of hydrogen-bond acceptors (Lipinski definition) is 2. The van der Waals surface area contributed by atoms with Crippen molar-refractivity contribution < 1.29 is 9.90 Å². The molecule has 2 saturated carbocycles. The molecule has 0 heterocycles. The third-order valence-electron chi connectivity index (χ3n) is 5.17. The Kier molecular flexibility index (Phi) is 3.48. The molecule has 2 rings (SSSR count). The highest BCUT2D eigenvalue weighted by Gasteiger charge is 2.54. The minimum Gasteiger partial charge on any atom is -0.481 e. The Morgan fingerprint density at radius 3 is 2.12 bits per heavy atom. The fourth-order valence-electron chi connectivity index (χ4n) is 3.90. The van der Waals surface area contributed by atoms with Crippen molar-refractivity contribution in [1.82, 2.24) is 0 Å². The van der Waals surface area contributed by atoms with E-state index in [0.29, 0.717) is 18.8 Å². The van der Waals surface area contributed by atoms with E-state index in [1.54, 1.807) is 0 Å². The second-order valence-electron chi connectivity index (χ2n) is 6.49. The number of hydrogen-bond donors (Lipinski definition) is 2. The van der Waals surface area contributed by atoms with Gasteiger partial charge >= 0.3 is 5.97 Å². The first-order chi connectivity index (χ1) is 7.95. The van der Waals surface area contributed by atoms with Crippen molar-refractivity contribution in [3.8, 4) is 0 Å². The Balaban J connectivity index is 1.97. The zero-order valence-corrected chi connectivity index (χ0v) is 11.0. The summed E-state index contributed by atoms with van der Waals surface area (Å²) in [7, 11) is 0. The zero-order chi connectivity index (χ0) is 12.6. The molecule has 0 radical (unpaired) electrons. The normalized spacial score (nSPS) is 42.2. The number of carboxylic acids is 1. The van der Waals surface area contributed by atoms with Gasteiger partial charge in [0, 0.05) is 6.04 Å². The second kappa shape index (κ2) is 4.60. The predicted octanol–water partition coefficient (Wildman–Crippen LogP) is 2.64. The monoisotopic (exact) mass is 239 g/mol. The summed E-state index contributed by atoms with van der Waals surface area (Å²) in [5.41, 5.74) is 5.34. The van der Waals surface area contributed by atoms with Crippen LogP contribution < -0.4 is 5.73 Å². The van der Waals surface area contributed by atoms with Crippen LogP contribution >= 0.6 is 0 Å². The molecule has 3 heteroatoms. The number of rotatable bonds is 3. The molecule has 0 aromatic heterocycles. The van der Waals surface area contributed by atoms with E-state index in [1.807, 2.05) is 0 Å². The molecular weight excluding hydrogens is 214 g/mol. The molecule has 0 atom stereocenters. The van der Waals surface area contributed by atoms with Crippen molar-refractivity contribution in [2.45, 2.75) is 58.4 Å². The fourth-order valence-corrected chi connectivity index (χ4v) is 3.90. The van der Waals surface area contributed by atoms with Crippen LogP contribution in [0.3, 0.4) is 0 Å². The molecule has 2 aliphatic carbocycles. The van der Waals surface area contributed by atoms with Crippen LogP contribution in [0.2, 0.25) is 0 Å². The Labute approximate surface area is 104 Å². The van der Waals surface area contributed by atoms with E-state index in [2.05, 4.69) is 13.8 Å². The van der Waals surface area contributed by atoms with Gasteiger partial charge in [-0.2, -0.15) is 0 Å². The third-order valence-corrected chi connectivity index (χ3v) is 5.17. The molecule has 98 valence electrons. The predicted molar refractivity (Wildman–Crippen MR) is 67.6 cm³/mol. The summed E-state index contributed by atoms with van der Waals surface area (Å²) in [5.74, 6) is 1.30. The van der Waals surface area contributed by atoms with Crippen LogP contribution in [0.25, 0.3) is 0 Å². The minimum absolute atomic E-state index is 0.119. The van der Waals surface area contributed by atoms with Gasteiger partial charge in [0.25, 0.3) is 0 Å². The van der Waals surface area contributed by atoms with Gasteiger partial charge in [-0.1, -0.05) is 13.8 Å². The summed E-state index contributed by atoms with van der Waals surface area (Å²) in [6.45, 7) is 4.55. The van der Waals surface area contributed by atoms with Gasteiger partial charge in [0.05, 0.1) is 5.41 Å². The molecule has 0 aliphatic heterocycles. The van der Waals surface area contributed by atoms with Crippen molar-refractivity contribution in [1.29, 1.82) is 0 Å². The van der Waals surface area contributed by atoms with Crippen LogP contribution in [0.1, 0.15) is 52.4 Å². The lowest BCUT2D eigenvalue weighted by Gasteiger charge is -2.50. The summed E-state index contributed by atoms with van der Waals surface area (Å²) in [5, 5.41) is 9.47. The molecule has 0 bridgehead atoms. The van der Waals surface area contributed by atoms with Crippen molar-refractivity contribution in [3.63, 3.8) is 0 Å². The average molecular weight is 239 g/mol. The molecular formula is C14H25NO2. The maximum atomic E-state index is 11.5. The summed E-state index contributed by atoms with van der Waals surface area (Å²) in [4.78, 5) is 11.5. The topological polar surface area (TPSA) is 63.3 Å². The molecule has 0 spiro atoms. The highest BCUT2D eigenvalue weighted by Crippen LogP contribution is 2.52. The van der Waals surface area contributed by atoms with E-state index >= 15 is 0 Å². The maximum Gasteiger partial charge on any atom is 0.310 e. The lowest BCUT2D eigenvalue weighted by atomic mass is 9.54. The van der Waals surface area contributed by atoms with Crippen LogP contribution in [-0.2, 0) is 4.79 Å². The lowest BCUT2D eigenvalue weighted by Crippen LogP contribution is -2.55. The SMILES string of the molecule is CC(C)C1CCC(C2(C(=O)O)CC(N)C2)CC1. The summed E-state index contributed by atoms with van der Waals surface area (Å²) < 4.78 is 0. The van der Waals surface area contributed by atoms with Gasteiger partial charge in [0.2, 0.25) is 0 Å². The first-order valence-corrected chi connectivity index (χ1v) is 6.94. The van der Waals surface area contributed by atoms with Gasteiger partial charge in [0.1, 0.15) is 0 Å². The lowest BCUT2D eigenvalue weighted by molar-refractivity contribution is -0.163. The van der Waals surface area contributed by atoms with E-state index in [9.17, 15) is 9.90 Å². The third kappa shape index (κ3) is 2.22. The van der Waals surface area contributed by atoms with Crippen LogP contribution in [0.15, 0.2) is 0 Å². The summed E-state index contributed by atoms with van der Waals surface area (Å²) in [6.07, 6.45) is 5.96. The van der Waals surface area contributed by atoms with Crippen molar-refractivity contribution >= 4 is 5.97 Å². The van der Waals surface area contributed by atoms with E-state index in [-0.39, 0.29) is 6.04 Å². The van der Waals surface area contributed by atoms with E-state index in [1.165, 1.54) is 12.8 Å². The molecule has 17 heavy (non-hydrogen) atoms. The Morgan fingerprint density at radius 1 is 1.24 bits per heavy atom. The Morgan fingerprint density at radius 2 is 1.76 bits per heavy atom. The number of carbonyl (C=O) groups is 1. The van der Waals surface area contributed by atoms with E-state index < -0.39 is 11.4 Å². The van der Waals surface area contributed by atoms with E-state index in [0.717, 1.165) is 24.7 Å². The van der Waals surface area contributed by atoms with Crippen molar-refractivity contribution in [2.75, 3.05) is 0 Å². The quantitative estimate of drug-likeness (QED) is 0.795. The van der Waals surface area contributed by atoms with Crippen LogP contribution in [-0.4, -0.2) is 17.1 Å². The molecule has 0 saturated heterocycles. The molecule has 0 unspecified atom stereocenters. The van der Waals surface area contributed by atoms with Gasteiger partial charge in [0.15, 0.2) is 0 Å². The Hall–Kier alpha value is -0.570. The number of aliphatic carboxylic acids is 1. The Bertz CT molecular complexity index is 287. The van der Waals surface area contributed by atoms with Gasteiger partial charge in [-0.15, -0.1) is 0 Å². The highest BCUT2D eigenvalue weighted by molar-refractivity contribution is 5.76. The number of carboxylic acid groups (broad SMARTS) is 1. The van der Waals surface area contributed by atoms with Crippen LogP contribution in [0.4, 0.5) is 0 Å². The summed E-state index contributed by atoms with van der Waals surface area (Å²) in [6, 6.07) is 0.119.